The van der Waals surface area contributed by atoms with Gasteiger partial charge in [0.1, 0.15) is 5.25 Å². The maximum atomic E-state index is 12.3. The summed E-state index contributed by atoms with van der Waals surface area (Å²) in [7, 11) is -3.26. The third-order valence-electron chi connectivity index (χ3n) is 4.50. The largest absolute Gasteiger partial charge is 0.454 e. The SMILES string of the molecule is CCS(=O)(=O)[C@H](C)c1nc(C2CC2)nn1-c1ccc2c(c1)OCO2. The van der Waals surface area contributed by atoms with E-state index in [-0.39, 0.29) is 12.5 Å². The van der Waals surface area contributed by atoms with Crippen molar-refractivity contribution in [2.24, 2.45) is 0 Å². The zero-order valence-corrected chi connectivity index (χ0v) is 14.4. The molecule has 0 radical (unpaired) electrons. The van der Waals surface area contributed by atoms with Crippen LogP contribution in [0.15, 0.2) is 18.2 Å². The van der Waals surface area contributed by atoms with Crippen LogP contribution in [0, 0.1) is 0 Å². The molecular formula is C16H19N3O4S. The van der Waals surface area contributed by atoms with Gasteiger partial charge in [-0.1, -0.05) is 6.92 Å². The number of hydrogen-bond donors (Lipinski definition) is 0. The van der Waals surface area contributed by atoms with E-state index >= 15 is 0 Å². The van der Waals surface area contributed by atoms with E-state index in [0.29, 0.717) is 23.2 Å². The molecule has 1 atom stereocenters. The van der Waals surface area contributed by atoms with Crippen LogP contribution in [0.2, 0.25) is 0 Å². The molecule has 1 fully saturated rings. The van der Waals surface area contributed by atoms with Gasteiger partial charge in [-0.15, -0.1) is 0 Å². The molecule has 1 aromatic heterocycles. The van der Waals surface area contributed by atoms with Gasteiger partial charge in [-0.25, -0.2) is 18.1 Å². The molecule has 8 heteroatoms. The summed E-state index contributed by atoms with van der Waals surface area (Å²) >= 11 is 0. The number of aromatic nitrogens is 3. The molecule has 128 valence electrons. The summed E-state index contributed by atoms with van der Waals surface area (Å²) in [6, 6.07) is 5.45. The standard InChI is InChI=1S/C16H19N3O4S/c1-3-24(20,21)10(2)16-17-15(11-4-5-11)18-19(16)12-6-7-13-14(8-12)23-9-22-13/h6-8,10-11H,3-5,9H2,1-2H3/t10-/m1/s1. The van der Waals surface area contributed by atoms with Crippen LogP contribution < -0.4 is 9.47 Å². The summed E-state index contributed by atoms with van der Waals surface area (Å²) in [6.45, 7) is 3.51. The van der Waals surface area contributed by atoms with E-state index in [4.69, 9.17) is 9.47 Å². The minimum Gasteiger partial charge on any atom is -0.454 e. The van der Waals surface area contributed by atoms with E-state index in [1.165, 1.54) is 0 Å². The lowest BCUT2D eigenvalue weighted by Crippen LogP contribution is -2.17. The maximum Gasteiger partial charge on any atom is 0.231 e. The predicted molar refractivity (Wildman–Crippen MR) is 87.3 cm³/mol. The Kier molecular flexibility index (Phi) is 3.52. The first-order chi connectivity index (χ1) is 11.5. The van der Waals surface area contributed by atoms with Crippen LogP contribution in [0.1, 0.15) is 49.5 Å². The van der Waals surface area contributed by atoms with Crippen molar-refractivity contribution >= 4 is 9.84 Å². The second-order valence-corrected chi connectivity index (χ2v) is 8.76. The number of sulfone groups is 1. The highest BCUT2D eigenvalue weighted by atomic mass is 32.2. The molecule has 0 N–H and O–H groups in total. The molecule has 4 rings (SSSR count). The number of ether oxygens (including phenoxy) is 2. The minimum absolute atomic E-state index is 0.0704. The van der Waals surface area contributed by atoms with Gasteiger partial charge < -0.3 is 9.47 Å². The summed E-state index contributed by atoms with van der Waals surface area (Å²) < 4.78 is 37.1. The van der Waals surface area contributed by atoms with Gasteiger partial charge in [0, 0.05) is 17.7 Å². The lowest BCUT2D eigenvalue weighted by atomic mass is 10.2. The van der Waals surface area contributed by atoms with Crippen molar-refractivity contribution in [2.45, 2.75) is 37.9 Å². The molecule has 1 aromatic carbocycles. The van der Waals surface area contributed by atoms with Crippen LogP contribution in [0.5, 0.6) is 11.5 Å². The Morgan fingerprint density at radius 1 is 1.29 bits per heavy atom. The molecule has 0 amide bonds. The molecular weight excluding hydrogens is 330 g/mol. The van der Waals surface area contributed by atoms with Crippen LogP contribution in [0.25, 0.3) is 5.69 Å². The smallest absolute Gasteiger partial charge is 0.231 e. The van der Waals surface area contributed by atoms with Crippen LogP contribution in [0.3, 0.4) is 0 Å². The Morgan fingerprint density at radius 3 is 2.75 bits per heavy atom. The molecule has 0 saturated heterocycles. The van der Waals surface area contributed by atoms with E-state index in [9.17, 15) is 8.42 Å². The van der Waals surface area contributed by atoms with Crippen LogP contribution in [0.4, 0.5) is 0 Å². The Morgan fingerprint density at radius 2 is 2.04 bits per heavy atom. The highest BCUT2D eigenvalue weighted by molar-refractivity contribution is 7.91. The molecule has 0 unspecified atom stereocenters. The van der Waals surface area contributed by atoms with Crippen LogP contribution in [-0.2, 0) is 9.84 Å². The molecule has 1 aliphatic heterocycles. The Hall–Kier alpha value is -2.09. The van der Waals surface area contributed by atoms with Crippen molar-refractivity contribution in [3.05, 3.63) is 29.8 Å². The highest BCUT2D eigenvalue weighted by Crippen LogP contribution is 2.40. The van der Waals surface area contributed by atoms with Gasteiger partial charge in [0.25, 0.3) is 0 Å². The quantitative estimate of drug-likeness (QED) is 0.824. The van der Waals surface area contributed by atoms with Gasteiger partial charge in [0.05, 0.1) is 5.69 Å². The zero-order valence-electron chi connectivity index (χ0n) is 13.6. The van der Waals surface area contributed by atoms with Gasteiger partial charge in [-0.05, 0) is 31.9 Å². The summed E-state index contributed by atoms with van der Waals surface area (Å²) in [5.41, 5.74) is 0.729. The predicted octanol–water partition coefficient (Wildman–Crippen LogP) is 2.37. The van der Waals surface area contributed by atoms with E-state index in [1.807, 2.05) is 12.1 Å². The molecule has 24 heavy (non-hydrogen) atoms. The minimum atomic E-state index is -3.26. The average molecular weight is 349 g/mol. The summed E-state index contributed by atoms with van der Waals surface area (Å²) in [5.74, 6) is 2.90. The third kappa shape index (κ3) is 2.54. The van der Waals surface area contributed by atoms with Crippen LogP contribution >= 0.6 is 0 Å². The third-order valence-corrected chi connectivity index (χ3v) is 6.59. The summed E-state index contributed by atoms with van der Waals surface area (Å²) in [5, 5.41) is 3.87. The van der Waals surface area contributed by atoms with E-state index in [2.05, 4.69) is 10.1 Å². The molecule has 2 aliphatic rings. The number of fused-ring (bicyclic) bond motifs is 1. The Bertz CT molecular complexity index is 887. The van der Waals surface area contributed by atoms with E-state index < -0.39 is 15.1 Å². The van der Waals surface area contributed by atoms with Crippen molar-refractivity contribution in [2.75, 3.05) is 12.5 Å². The highest BCUT2D eigenvalue weighted by Gasteiger charge is 2.33. The molecule has 1 saturated carbocycles. The average Bonchev–Trinajstić information content (AvgIpc) is 3.17. The number of hydrogen-bond acceptors (Lipinski definition) is 6. The van der Waals surface area contributed by atoms with E-state index in [1.54, 1.807) is 24.6 Å². The maximum absolute atomic E-state index is 12.3. The molecule has 7 nitrogen and oxygen atoms in total. The molecule has 0 bridgehead atoms. The molecule has 1 aliphatic carbocycles. The fourth-order valence-electron chi connectivity index (χ4n) is 2.74. The van der Waals surface area contributed by atoms with Gasteiger partial charge in [-0.2, -0.15) is 5.10 Å². The molecule has 0 spiro atoms. The zero-order chi connectivity index (χ0) is 16.9. The van der Waals surface area contributed by atoms with Gasteiger partial charge in [0.15, 0.2) is 33.0 Å². The van der Waals surface area contributed by atoms with Crippen molar-refractivity contribution in [1.29, 1.82) is 0 Å². The number of rotatable bonds is 5. The first kappa shape index (κ1) is 15.4. The topological polar surface area (TPSA) is 83.3 Å². The fourth-order valence-corrected chi connectivity index (χ4v) is 3.71. The van der Waals surface area contributed by atoms with Gasteiger partial charge >= 0.3 is 0 Å². The normalized spacial score (nSPS) is 17.9. The van der Waals surface area contributed by atoms with Crippen molar-refractivity contribution in [3.8, 4) is 17.2 Å². The Balaban J connectivity index is 1.82. The van der Waals surface area contributed by atoms with Crippen LogP contribution in [-0.4, -0.2) is 35.7 Å². The first-order valence-electron chi connectivity index (χ1n) is 8.08. The monoisotopic (exact) mass is 349 g/mol. The lowest BCUT2D eigenvalue weighted by Gasteiger charge is -2.12. The lowest BCUT2D eigenvalue weighted by molar-refractivity contribution is 0.174. The Labute approximate surface area is 140 Å². The number of benzene rings is 1. The van der Waals surface area contributed by atoms with Gasteiger partial charge in [0.2, 0.25) is 6.79 Å². The van der Waals surface area contributed by atoms with E-state index in [0.717, 1.165) is 24.4 Å². The summed E-state index contributed by atoms with van der Waals surface area (Å²) in [6.07, 6.45) is 2.11. The number of nitrogens with zero attached hydrogens (tertiary/aromatic N) is 3. The first-order valence-corrected chi connectivity index (χ1v) is 9.79. The van der Waals surface area contributed by atoms with Gasteiger partial charge in [-0.3, -0.25) is 0 Å². The second-order valence-electron chi connectivity index (χ2n) is 6.15. The van der Waals surface area contributed by atoms with Crippen molar-refractivity contribution < 1.29 is 17.9 Å². The molecule has 2 aromatic rings. The second kappa shape index (κ2) is 5.47. The molecule has 2 heterocycles. The fraction of sp³-hybridized carbons (Fsp3) is 0.500. The van der Waals surface area contributed by atoms with Crippen molar-refractivity contribution in [3.63, 3.8) is 0 Å². The van der Waals surface area contributed by atoms with Crippen molar-refractivity contribution in [1.82, 2.24) is 14.8 Å². The summed E-state index contributed by atoms with van der Waals surface area (Å²) in [4.78, 5) is 4.56.